The number of nitrogens with one attached hydrogen (secondary N) is 1. The van der Waals surface area contributed by atoms with Crippen LogP contribution in [-0.4, -0.2) is 25.6 Å². The summed E-state index contributed by atoms with van der Waals surface area (Å²) < 4.78 is 23.5. The van der Waals surface area contributed by atoms with Crippen molar-refractivity contribution in [1.82, 2.24) is 4.98 Å². The van der Waals surface area contributed by atoms with Gasteiger partial charge in [-0.1, -0.05) is 22.0 Å². The molecule has 0 radical (unpaired) electrons. The minimum absolute atomic E-state index is 0.0286. The van der Waals surface area contributed by atoms with E-state index in [1.54, 1.807) is 12.1 Å². The second-order valence-corrected chi connectivity index (χ2v) is 7.34. The van der Waals surface area contributed by atoms with Crippen LogP contribution in [0.5, 0.6) is 0 Å². The first kappa shape index (κ1) is 15.7. The van der Waals surface area contributed by atoms with E-state index in [1.165, 1.54) is 18.3 Å². The van der Waals surface area contributed by atoms with Crippen LogP contribution in [0.2, 0.25) is 0 Å². The fourth-order valence-corrected chi connectivity index (χ4v) is 2.65. The minimum atomic E-state index is -3.34. The van der Waals surface area contributed by atoms with E-state index in [-0.39, 0.29) is 10.9 Å². The third kappa shape index (κ3) is 3.68. The summed E-state index contributed by atoms with van der Waals surface area (Å²) in [6, 6.07) is 8.21. The van der Waals surface area contributed by atoms with Crippen LogP contribution in [0, 0.1) is 6.92 Å². The molecule has 0 saturated heterocycles. The Morgan fingerprint density at radius 3 is 2.52 bits per heavy atom. The van der Waals surface area contributed by atoms with Crippen LogP contribution < -0.4 is 5.32 Å². The van der Waals surface area contributed by atoms with Gasteiger partial charge in [-0.05, 0) is 36.8 Å². The van der Waals surface area contributed by atoms with E-state index in [2.05, 4.69) is 26.2 Å². The molecule has 0 unspecified atom stereocenters. The molecule has 1 aromatic heterocycles. The summed E-state index contributed by atoms with van der Waals surface area (Å²) in [4.78, 5) is 16.0. The standard InChI is InChI=1S/C14H13BrN2O3S/c1-9-11(4-3-5-12(9)15)14(18)17-10-6-7-13(16-8-10)21(2,19)20/h3-8H,1-2H3,(H,17,18). The number of rotatable bonds is 3. The predicted molar refractivity (Wildman–Crippen MR) is 84.2 cm³/mol. The van der Waals surface area contributed by atoms with Crippen molar-refractivity contribution in [3.05, 3.63) is 52.1 Å². The van der Waals surface area contributed by atoms with Crippen LogP contribution in [0.25, 0.3) is 0 Å². The molecule has 0 atom stereocenters. The van der Waals surface area contributed by atoms with E-state index < -0.39 is 9.84 Å². The first-order chi connectivity index (χ1) is 9.79. The van der Waals surface area contributed by atoms with Gasteiger partial charge < -0.3 is 5.32 Å². The minimum Gasteiger partial charge on any atom is -0.321 e. The lowest BCUT2D eigenvalue weighted by molar-refractivity contribution is 0.102. The van der Waals surface area contributed by atoms with Crippen molar-refractivity contribution < 1.29 is 13.2 Å². The number of hydrogen-bond donors (Lipinski definition) is 1. The van der Waals surface area contributed by atoms with E-state index in [0.717, 1.165) is 16.3 Å². The molecule has 1 heterocycles. The van der Waals surface area contributed by atoms with Gasteiger partial charge in [-0.15, -0.1) is 0 Å². The smallest absolute Gasteiger partial charge is 0.256 e. The van der Waals surface area contributed by atoms with Gasteiger partial charge in [-0.25, -0.2) is 13.4 Å². The highest BCUT2D eigenvalue weighted by Gasteiger charge is 2.12. The molecule has 2 rings (SSSR count). The Hall–Kier alpha value is -1.73. The number of sulfone groups is 1. The zero-order valence-corrected chi connectivity index (χ0v) is 13.8. The Kier molecular flexibility index (Phi) is 4.43. The highest BCUT2D eigenvalue weighted by molar-refractivity contribution is 9.10. The molecule has 1 N–H and O–H groups in total. The molecule has 0 fully saturated rings. The average Bonchev–Trinajstić information content (AvgIpc) is 2.41. The maximum atomic E-state index is 12.2. The molecule has 0 aliphatic rings. The third-order valence-corrected chi connectivity index (χ3v) is 4.75. The van der Waals surface area contributed by atoms with Gasteiger partial charge >= 0.3 is 0 Å². The van der Waals surface area contributed by atoms with E-state index >= 15 is 0 Å². The van der Waals surface area contributed by atoms with Gasteiger partial charge in [0.25, 0.3) is 5.91 Å². The van der Waals surface area contributed by atoms with Gasteiger partial charge in [0.15, 0.2) is 14.9 Å². The zero-order chi connectivity index (χ0) is 15.6. The highest BCUT2D eigenvalue weighted by atomic mass is 79.9. The van der Waals surface area contributed by atoms with Crippen molar-refractivity contribution in [1.29, 1.82) is 0 Å². The first-order valence-corrected chi connectivity index (χ1v) is 8.70. The Morgan fingerprint density at radius 1 is 1.24 bits per heavy atom. The van der Waals surface area contributed by atoms with Crippen LogP contribution in [0.1, 0.15) is 15.9 Å². The zero-order valence-electron chi connectivity index (χ0n) is 11.4. The number of pyridine rings is 1. The van der Waals surface area contributed by atoms with Crippen LogP contribution >= 0.6 is 15.9 Å². The van der Waals surface area contributed by atoms with E-state index in [4.69, 9.17) is 0 Å². The number of benzene rings is 1. The highest BCUT2D eigenvalue weighted by Crippen LogP contribution is 2.20. The van der Waals surface area contributed by atoms with Crippen LogP contribution in [-0.2, 0) is 9.84 Å². The number of anilines is 1. The summed E-state index contributed by atoms with van der Waals surface area (Å²) in [6.45, 7) is 1.84. The van der Waals surface area contributed by atoms with Crippen molar-refractivity contribution in [3.63, 3.8) is 0 Å². The number of halogens is 1. The number of carbonyl (C=O) groups excluding carboxylic acids is 1. The van der Waals surface area contributed by atoms with Gasteiger partial charge in [0, 0.05) is 16.3 Å². The Bertz CT molecular complexity index is 786. The molecule has 21 heavy (non-hydrogen) atoms. The molecular formula is C14H13BrN2O3S. The van der Waals surface area contributed by atoms with Gasteiger partial charge in [0.05, 0.1) is 11.9 Å². The van der Waals surface area contributed by atoms with Crippen LogP contribution in [0.15, 0.2) is 46.0 Å². The van der Waals surface area contributed by atoms with E-state index in [1.807, 2.05) is 13.0 Å². The molecule has 0 spiro atoms. The number of hydrogen-bond acceptors (Lipinski definition) is 4. The summed E-state index contributed by atoms with van der Waals surface area (Å²) in [6.07, 6.45) is 2.40. The number of nitrogens with zero attached hydrogens (tertiary/aromatic N) is 1. The molecule has 1 amide bonds. The second-order valence-electron chi connectivity index (χ2n) is 4.52. The molecule has 0 aliphatic heterocycles. The Labute approximate surface area is 131 Å². The molecule has 110 valence electrons. The number of amides is 1. The second kappa shape index (κ2) is 5.95. The maximum absolute atomic E-state index is 12.2. The maximum Gasteiger partial charge on any atom is 0.256 e. The monoisotopic (exact) mass is 368 g/mol. The molecule has 1 aromatic carbocycles. The molecule has 5 nitrogen and oxygen atoms in total. The lowest BCUT2D eigenvalue weighted by Gasteiger charge is -2.09. The summed E-state index contributed by atoms with van der Waals surface area (Å²) in [7, 11) is -3.34. The summed E-state index contributed by atoms with van der Waals surface area (Å²) in [5.41, 5.74) is 1.80. The molecule has 0 saturated carbocycles. The molecule has 7 heteroatoms. The molecule has 0 bridgehead atoms. The fourth-order valence-electron chi connectivity index (χ4n) is 1.73. The van der Waals surface area contributed by atoms with Crippen molar-refractivity contribution in [2.75, 3.05) is 11.6 Å². The normalized spacial score (nSPS) is 11.2. The van der Waals surface area contributed by atoms with Gasteiger partial charge in [-0.3, -0.25) is 4.79 Å². The lowest BCUT2D eigenvalue weighted by atomic mass is 10.1. The summed E-state index contributed by atoms with van der Waals surface area (Å²) in [5, 5.41) is 2.66. The van der Waals surface area contributed by atoms with Crippen molar-refractivity contribution >= 4 is 37.4 Å². The van der Waals surface area contributed by atoms with Crippen LogP contribution in [0.3, 0.4) is 0 Å². The summed E-state index contributed by atoms with van der Waals surface area (Å²) >= 11 is 3.37. The van der Waals surface area contributed by atoms with Crippen molar-refractivity contribution in [3.8, 4) is 0 Å². The fraction of sp³-hybridized carbons (Fsp3) is 0.143. The summed E-state index contributed by atoms with van der Waals surface area (Å²) in [5.74, 6) is -0.275. The van der Waals surface area contributed by atoms with Gasteiger partial charge in [0.2, 0.25) is 0 Å². The quantitative estimate of drug-likeness (QED) is 0.903. The van der Waals surface area contributed by atoms with Gasteiger partial charge in [-0.2, -0.15) is 0 Å². The Morgan fingerprint density at radius 2 is 1.95 bits per heavy atom. The predicted octanol–water partition coefficient (Wildman–Crippen LogP) is 2.81. The lowest BCUT2D eigenvalue weighted by Crippen LogP contribution is -2.14. The van der Waals surface area contributed by atoms with E-state index in [0.29, 0.717) is 11.3 Å². The molecule has 2 aromatic rings. The molecule has 0 aliphatic carbocycles. The van der Waals surface area contributed by atoms with Crippen LogP contribution in [0.4, 0.5) is 5.69 Å². The average molecular weight is 369 g/mol. The van der Waals surface area contributed by atoms with Crippen molar-refractivity contribution in [2.45, 2.75) is 11.9 Å². The first-order valence-electron chi connectivity index (χ1n) is 6.01. The number of carbonyl (C=O) groups is 1. The Balaban J connectivity index is 2.22. The molecular weight excluding hydrogens is 356 g/mol. The number of aromatic nitrogens is 1. The van der Waals surface area contributed by atoms with E-state index in [9.17, 15) is 13.2 Å². The third-order valence-electron chi connectivity index (χ3n) is 2.89. The van der Waals surface area contributed by atoms with Gasteiger partial charge in [0.1, 0.15) is 0 Å². The SMILES string of the molecule is Cc1c(Br)cccc1C(=O)Nc1ccc(S(C)(=O)=O)nc1. The van der Waals surface area contributed by atoms with Crippen molar-refractivity contribution in [2.24, 2.45) is 0 Å². The topological polar surface area (TPSA) is 76.1 Å². The largest absolute Gasteiger partial charge is 0.321 e.